The van der Waals surface area contributed by atoms with Crippen molar-refractivity contribution in [2.75, 3.05) is 27.2 Å². The van der Waals surface area contributed by atoms with E-state index in [1.165, 1.54) is 5.56 Å². The summed E-state index contributed by atoms with van der Waals surface area (Å²) in [5, 5.41) is 5.12. The van der Waals surface area contributed by atoms with Gasteiger partial charge in [-0.25, -0.2) is 0 Å². The van der Waals surface area contributed by atoms with Crippen molar-refractivity contribution in [3.8, 4) is 0 Å². The highest BCUT2D eigenvalue weighted by molar-refractivity contribution is 7.80. The van der Waals surface area contributed by atoms with Crippen molar-refractivity contribution >= 4 is 28.2 Å². The Labute approximate surface area is 183 Å². The van der Waals surface area contributed by atoms with E-state index in [0.29, 0.717) is 17.2 Å². The Morgan fingerprint density at radius 2 is 1.83 bits per heavy atom. The van der Waals surface area contributed by atoms with E-state index in [1.807, 2.05) is 63.5 Å². The van der Waals surface area contributed by atoms with Crippen LogP contribution in [-0.2, 0) is 6.54 Å². The summed E-state index contributed by atoms with van der Waals surface area (Å²) in [4.78, 5) is 20.0. The zero-order valence-electron chi connectivity index (χ0n) is 18.1. The molecule has 0 aliphatic heterocycles. The summed E-state index contributed by atoms with van der Waals surface area (Å²) in [6.07, 6.45) is 0. The molecule has 0 radical (unpaired) electrons. The number of nitrogens with one attached hydrogen (secondary N) is 2. The fourth-order valence-electron chi connectivity index (χ4n) is 3.43. The third kappa shape index (κ3) is 5.46. The monoisotopic (exact) mass is 422 g/mol. The number of pyridine rings is 1. The minimum atomic E-state index is -0.0643. The van der Waals surface area contributed by atoms with Gasteiger partial charge in [0.15, 0.2) is 5.11 Å². The Hall–Kier alpha value is -2.70. The molecule has 0 saturated heterocycles. The third-order valence-electron chi connectivity index (χ3n) is 5.27. The minimum Gasteiger partial charge on any atom is -0.356 e. The van der Waals surface area contributed by atoms with Crippen molar-refractivity contribution in [3.63, 3.8) is 0 Å². The van der Waals surface area contributed by atoms with Crippen LogP contribution < -0.4 is 10.9 Å². The maximum absolute atomic E-state index is 12.8. The number of aryl methyl sites for hydroxylation is 1. The smallest absolute Gasteiger partial charge is 0.253 e. The second-order valence-electron chi connectivity index (χ2n) is 7.97. The Kier molecular flexibility index (Phi) is 7.24. The number of hydrogen-bond donors (Lipinski definition) is 2. The van der Waals surface area contributed by atoms with Gasteiger partial charge in [0, 0.05) is 18.7 Å². The normalized spacial score (nSPS) is 12.2. The average molecular weight is 423 g/mol. The molecule has 6 heteroatoms. The van der Waals surface area contributed by atoms with Gasteiger partial charge < -0.3 is 20.1 Å². The van der Waals surface area contributed by atoms with E-state index in [9.17, 15) is 4.79 Å². The number of likely N-dealkylation sites (N-methyl/N-ethyl adjacent to an activating group) is 1. The topological polar surface area (TPSA) is 51.4 Å². The molecule has 2 aromatic carbocycles. The zero-order chi connectivity index (χ0) is 21.7. The number of fused-ring (bicyclic) bond motifs is 1. The first-order valence-electron chi connectivity index (χ1n) is 10.2. The lowest BCUT2D eigenvalue weighted by molar-refractivity contribution is 0.320. The first-order valence-corrected chi connectivity index (χ1v) is 10.6. The lowest BCUT2D eigenvalue weighted by atomic mass is 10.1. The molecule has 1 atom stereocenters. The Balaban J connectivity index is 1.83. The maximum Gasteiger partial charge on any atom is 0.253 e. The SMILES string of the molecule is Cc1cccc2cc(CN(CCN(C)C)C(=S)N[C@@H](C)c3ccccc3)c(=O)[nH]c12. The van der Waals surface area contributed by atoms with Crippen molar-refractivity contribution in [3.05, 3.63) is 81.6 Å². The highest BCUT2D eigenvalue weighted by Gasteiger charge is 2.16. The molecule has 3 rings (SSSR count). The highest BCUT2D eigenvalue weighted by atomic mass is 32.1. The van der Waals surface area contributed by atoms with Gasteiger partial charge in [0.2, 0.25) is 0 Å². The minimum absolute atomic E-state index is 0.0643. The van der Waals surface area contributed by atoms with E-state index in [2.05, 4.69) is 39.2 Å². The number of para-hydroxylation sites is 1. The van der Waals surface area contributed by atoms with Crippen molar-refractivity contribution in [2.24, 2.45) is 0 Å². The van der Waals surface area contributed by atoms with Crippen molar-refractivity contribution in [1.82, 2.24) is 20.1 Å². The first-order chi connectivity index (χ1) is 14.3. The fourth-order valence-corrected chi connectivity index (χ4v) is 3.76. The highest BCUT2D eigenvalue weighted by Crippen LogP contribution is 2.17. The molecule has 1 heterocycles. The Morgan fingerprint density at radius 3 is 2.53 bits per heavy atom. The van der Waals surface area contributed by atoms with Crippen LogP contribution in [0, 0.1) is 6.92 Å². The number of rotatable bonds is 7. The van der Waals surface area contributed by atoms with Gasteiger partial charge in [-0.05, 0) is 62.7 Å². The van der Waals surface area contributed by atoms with Crippen molar-refractivity contribution in [2.45, 2.75) is 26.4 Å². The van der Waals surface area contributed by atoms with Crippen molar-refractivity contribution in [1.29, 1.82) is 0 Å². The van der Waals surface area contributed by atoms with Gasteiger partial charge in [0.1, 0.15) is 0 Å². The van der Waals surface area contributed by atoms with Gasteiger partial charge in [-0.1, -0.05) is 48.5 Å². The summed E-state index contributed by atoms with van der Waals surface area (Å²) in [5.41, 5.74) is 3.78. The number of thiocarbonyl (C=S) groups is 1. The van der Waals surface area contributed by atoms with Gasteiger partial charge in [-0.15, -0.1) is 0 Å². The van der Waals surface area contributed by atoms with E-state index >= 15 is 0 Å². The van der Waals surface area contributed by atoms with Gasteiger partial charge >= 0.3 is 0 Å². The molecule has 0 fully saturated rings. The standard InChI is InChI=1S/C24H30N4OS/c1-17-9-8-12-20-15-21(23(29)26-22(17)20)16-28(14-13-27(3)4)24(30)25-18(2)19-10-6-5-7-11-19/h5-12,15,18H,13-14,16H2,1-4H3,(H,25,30)(H,26,29)/t18-/m0/s1. The third-order valence-corrected chi connectivity index (χ3v) is 5.65. The van der Waals surface area contributed by atoms with Gasteiger partial charge in [-0.2, -0.15) is 0 Å². The molecular formula is C24H30N4OS. The molecule has 0 bridgehead atoms. The predicted molar refractivity (Wildman–Crippen MR) is 129 cm³/mol. The van der Waals surface area contributed by atoms with Gasteiger partial charge in [-0.3, -0.25) is 4.79 Å². The molecule has 0 unspecified atom stereocenters. The van der Waals surface area contributed by atoms with Crippen LogP contribution in [0.2, 0.25) is 0 Å². The molecule has 158 valence electrons. The summed E-state index contributed by atoms with van der Waals surface area (Å²) in [5.74, 6) is 0. The summed E-state index contributed by atoms with van der Waals surface area (Å²) < 4.78 is 0. The van der Waals surface area contributed by atoms with Gasteiger partial charge in [0.25, 0.3) is 5.56 Å². The maximum atomic E-state index is 12.8. The number of nitrogens with zero attached hydrogens (tertiary/aromatic N) is 2. The van der Waals surface area contributed by atoms with Crippen LogP contribution in [0.15, 0.2) is 59.4 Å². The molecule has 0 aliphatic carbocycles. The predicted octanol–water partition coefficient (Wildman–Crippen LogP) is 3.84. The number of aromatic nitrogens is 1. The summed E-state index contributed by atoms with van der Waals surface area (Å²) in [6, 6.07) is 18.3. The Bertz CT molecular complexity index is 1060. The second-order valence-corrected chi connectivity index (χ2v) is 8.36. The van der Waals surface area contributed by atoms with Crippen molar-refractivity contribution < 1.29 is 0 Å². The van der Waals surface area contributed by atoms with Crippen LogP contribution in [0.1, 0.15) is 29.7 Å². The quantitative estimate of drug-likeness (QED) is 0.567. The molecule has 0 saturated carbocycles. The van der Waals surface area contributed by atoms with Crippen LogP contribution in [0.4, 0.5) is 0 Å². The first kappa shape index (κ1) is 22.0. The van der Waals surface area contributed by atoms with E-state index < -0.39 is 0 Å². The molecular weight excluding hydrogens is 392 g/mol. The van der Waals surface area contributed by atoms with E-state index in [4.69, 9.17) is 12.2 Å². The second kappa shape index (κ2) is 9.87. The van der Waals surface area contributed by atoms with Crippen LogP contribution in [0.25, 0.3) is 10.9 Å². The van der Waals surface area contributed by atoms with E-state index in [1.54, 1.807) is 0 Å². The molecule has 0 aliphatic rings. The molecule has 30 heavy (non-hydrogen) atoms. The molecule has 0 spiro atoms. The number of benzene rings is 2. The Morgan fingerprint density at radius 1 is 1.10 bits per heavy atom. The largest absolute Gasteiger partial charge is 0.356 e. The van der Waals surface area contributed by atoms with Crippen LogP contribution >= 0.6 is 12.2 Å². The lowest BCUT2D eigenvalue weighted by Gasteiger charge is -2.29. The van der Waals surface area contributed by atoms with Crippen LogP contribution in [-0.4, -0.2) is 47.1 Å². The molecule has 5 nitrogen and oxygen atoms in total. The zero-order valence-corrected chi connectivity index (χ0v) is 18.9. The van der Waals surface area contributed by atoms with Crippen LogP contribution in [0.5, 0.6) is 0 Å². The summed E-state index contributed by atoms with van der Waals surface area (Å²) in [6.45, 7) is 6.13. The summed E-state index contributed by atoms with van der Waals surface area (Å²) in [7, 11) is 4.07. The number of H-pyrrole nitrogens is 1. The molecule has 0 amide bonds. The summed E-state index contributed by atoms with van der Waals surface area (Å²) >= 11 is 5.75. The van der Waals surface area contributed by atoms with E-state index in [-0.39, 0.29) is 11.6 Å². The average Bonchev–Trinajstić information content (AvgIpc) is 2.72. The van der Waals surface area contributed by atoms with Gasteiger partial charge in [0.05, 0.1) is 18.1 Å². The molecule has 2 N–H and O–H groups in total. The molecule has 1 aromatic heterocycles. The van der Waals surface area contributed by atoms with E-state index in [0.717, 1.165) is 29.6 Å². The molecule has 3 aromatic rings. The lowest BCUT2D eigenvalue weighted by Crippen LogP contribution is -2.44. The fraction of sp³-hybridized carbons (Fsp3) is 0.333. The number of aromatic amines is 1. The van der Waals surface area contributed by atoms with Crippen LogP contribution in [0.3, 0.4) is 0 Å². The number of hydrogen-bond acceptors (Lipinski definition) is 3.